The van der Waals surface area contributed by atoms with Crippen molar-refractivity contribution in [2.75, 3.05) is 21.1 Å². The third kappa shape index (κ3) is 8.04. The van der Waals surface area contributed by atoms with E-state index < -0.39 is 12.6 Å². The number of rotatable bonds is 10. The average molecular weight is 458 g/mol. The number of benzene rings is 1. The predicted octanol–water partition coefficient (Wildman–Crippen LogP) is 7.46. The summed E-state index contributed by atoms with van der Waals surface area (Å²) in [6.45, 7) is 5.95. The second-order valence-corrected chi connectivity index (χ2v) is 7.97. The van der Waals surface area contributed by atoms with Gasteiger partial charge in [0, 0.05) is 58.2 Å². The molecule has 0 atom stereocenters. The summed E-state index contributed by atoms with van der Waals surface area (Å²) in [5.41, 5.74) is 5.28. The van der Waals surface area contributed by atoms with Crippen LogP contribution in [-0.2, 0) is 6.42 Å². The lowest BCUT2D eigenvalue weighted by Gasteiger charge is -2.14. The molecule has 2 rings (SSSR count). The van der Waals surface area contributed by atoms with Crippen LogP contribution in [0.4, 0.5) is 13.2 Å². The lowest BCUT2D eigenvalue weighted by atomic mass is 9.97. The standard InChI is InChI=1S/C27H32F3N3.H2/c1-6-8-10-23(18-31-3)24-13-14-25(32-26(24)15-16-27(28,29)30)22-12-9-11-21(17-22)20(7-2)19-33(4)5;/h7,9-14,17-19H,2,6,8,15-16H2,1,3-5H3;1H/b20-19+,23-10+,31-18?;. The summed E-state index contributed by atoms with van der Waals surface area (Å²) in [7, 11) is 5.52. The summed E-state index contributed by atoms with van der Waals surface area (Å²) in [5.74, 6) is 0. The van der Waals surface area contributed by atoms with E-state index in [2.05, 4.69) is 23.5 Å². The molecule has 0 N–H and O–H groups in total. The van der Waals surface area contributed by atoms with Gasteiger partial charge >= 0.3 is 6.18 Å². The molecule has 0 saturated carbocycles. The Bertz CT molecular complexity index is 1040. The minimum Gasteiger partial charge on any atom is -0.383 e. The fraction of sp³-hybridized carbons (Fsp3) is 0.333. The Labute approximate surface area is 196 Å². The van der Waals surface area contributed by atoms with Crippen molar-refractivity contribution in [1.82, 2.24) is 9.88 Å². The number of aliphatic imine (C=N–C) groups is 1. The molecule has 0 radical (unpaired) electrons. The zero-order valence-electron chi connectivity index (χ0n) is 19.8. The Morgan fingerprint density at radius 3 is 2.55 bits per heavy atom. The van der Waals surface area contributed by atoms with Crippen LogP contribution < -0.4 is 0 Å². The van der Waals surface area contributed by atoms with E-state index in [0.29, 0.717) is 17.0 Å². The summed E-state index contributed by atoms with van der Waals surface area (Å²) in [4.78, 5) is 10.7. The molecule has 0 amide bonds. The van der Waals surface area contributed by atoms with Gasteiger partial charge in [0.15, 0.2) is 0 Å². The first-order valence-electron chi connectivity index (χ1n) is 11.0. The van der Waals surface area contributed by atoms with Crippen molar-refractivity contribution in [3.05, 3.63) is 78.1 Å². The smallest absolute Gasteiger partial charge is 0.383 e. The maximum Gasteiger partial charge on any atom is 0.389 e. The highest BCUT2D eigenvalue weighted by Crippen LogP contribution is 2.29. The Morgan fingerprint density at radius 1 is 1.18 bits per heavy atom. The van der Waals surface area contributed by atoms with Crippen molar-refractivity contribution >= 4 is 17.4 Å². The van der Waals surface area contributed by atoms with Crippen molar-refractivity contribution in [3.63, 3.8) is 0 Å². The molecule has 0 spiro atoms. The van der Waals surface area contributed by atoms with Gasteiger partial charge in [-0.15, -0.1) is 0 Å². The fourth-order valence-corrected chi connectivity index (χ4v) is 3.43. The van der Waals surface area contributed by atoms with Crippen LogP contribution >= 0.6 is 0 Å². The molecule has 1 aromatic carbocycles. The van der Waals surface area contributed by atoms with Gasteiger partial charge in [0.05, 0.1) is 5.69 Å². The molecule has 33 heavy (non-hydrogen) atoms. The minimum atomic E-state index is -4.25. The zero-order valence-corrected chi connectivity index (χ0v) is 19.8. The molecule has 3 nitrogen and oxygen atoms in total. The number of nitrogens with zero attached hydrogens (tertiary/aromatic N) is 3. The molecule has 0 aliphatic carbocycles. The summed E-state index contributed by atoms with van der Waals surface area (Å²) in [6, 6.07) is 11.5. The van der Waals surface area contributed by atoms with Gasteiger partial charge in [0.25, 0.3) is 0 Å². The number of aromatic nitrogens is 1. The van der Waals surface area contributed by atoms with Gasteiger partial charge in [-0.3, -0.25) is 9.98 Å². The number of halogens is 3. The predicted molar refractivity (Wildman–Crippen MR) is 135 cm³/mol. The highest BCUT2D eigenvalue weighted by atomic mass is 19.4. The molecular weight excluding hydrogens is 423 g/mol. The summed E-state index contributed by atoms with van der Waals surface area (Å²) in [6.07, 6.45) is 3.81. The Kier molecular flexibility index (Phi) is 9.64. The van der Waals surface area contributed by atoms with E-state index in [-0.39, 0.29) is 7.85 Å². The van der Waals surface area contributed by atoms with E-state index in [9.17, 15) is 13.2 Å². The normalized spacial score (nSPS) is 12.9. The first-order chi connectivity index (χ1) is 15.7. The topological polar surface area (TPSA) is 28.5 Å². The van der Waals surface area contributed by atoms with Gasteiger partial charge in [-0.25, -0.2) is 0 Å². The first-order valence-corrected chi connectivity index (χ1v) is 11.0. The van der Waals surface area contributed by atoms with Crippen LogP contribution in [0.2, 0.25) is 0 Å². The van der Waals surface area contributed by atoms with E-state index in [4.69, 9.17) is 0 Å². The maximum atomic E-state index is 13.0. The van der Waals surface area contributed by atoms with Gasteiger partial charge in [-0.1, -0.05) is 56.3 Å². The molecule has 1 aromatic heterocycles. The molecule has 0 fully saturated rings. The zero-order chi connectivity index (χ0) is 24.4. The molecule has 178 valence electrons. The van der Waals surface area contributed by atoms with Crippen molar-refractivity contribution in [2.24, 2.45) is 4.99 Å². The summed E-state index contributed by atoms with van der Waals surface area (Å²) < 4.78 is 39.1. The highest BCUT2D eigenvalue weighted by Gasteiger charge is 2.27. The van der Waals surface area contributed by atoms with Crippen molar-refractivity contribution in [3.8, 4) is 11.3 Å². The van der Waals surface area contributed by atoms with E-state index >= 15 is 0 Å². The second-order valence-electron chi connectivity index (χ2n) is 7.97. The number of pyridine rings is 1. The molecular formula is C27H34F3N3. The average Bonchev–Trinajstić information content (AvgIpc) is 2.78. The SMILES string of the molecule is C=C/C(=C\N(C)C)c1cccc(-c2ccc(/C(C=NC)=C/CCC)c(CCC(F)(F)F)n2)c1.[HH]. The maximum absolute atomic E-state index is 13.0. The molecule has 0 aliphatic heterocycles. The lowest BCUT2D eigenvalue weighted by molar-refractivity contribution is -0.134. The van der Waals surface area contributed by atoms with Crippen LogP contribution in [0.25, 0.3) is 22.4 Å². The first kappa shape index (κ1) is 26.1. The van der Waals surface area contributed by atoms with Crippen LogP contribution in [0.5, 0.6) is 0 Å². The number of hydrogen-bond donors (Lipinski definition) is 0. The van der Waals surface area contributed by atoms with Crippen LogP contribution in [0.1, 0.15) is 44.4 Å². The molecule has 6 heteroatoms. The number of alkyl halides is 3. The van der Waals surface area contributed by atoms with E-state index in [1.54, 1.807) is 19.3 Å². The van der Waals surface area contributed by atoms with Crippen molar-refractivity contribution in [2.45, 2.75) is 38.8 Å². The second kappa shape index (κ2) is 12.2. The molecule has 0 bridgehead atoms. The van der Waals surface area contributed by atoms with Crippen molar-refractivity contribution in [1.29, 1.82) is 0 Å². The molecule has 2 aromatic rings. The lowest BCUT2D eigenvalue weighted by Crippen LogP contribution is -2.11. The number of hydrogen-bond acceptors (Lipinski definition) is 3. The number of aryl methyl sites for hydroxylation is 1. The van der Waals surface area contributed by atoms with Crippen LogP contribution in [0.15, 0.2) is 66.3 Å². The third-order valence-electron chi connectivity index (χ3n) is 4.96. The van der Waals surface area contributed by atoms with E-state index in [1.165, 1.54) is 0 Å². The third-order valence-corrected chi connectivity index (χ3v) is 4.96. The number of unbranched alkanes of at least 4 members (excludes halogenated alkanes) is 1. The van der Waals surface area contributed by atoms with Crippen LogP contribution in [0, 0.1) is 0 Å². The highest BCUT2D eigenvalue weighted by molar-refractivity contribution is 6.10. The minimum absolute atomic E-state index is 0. The van der Waals surface area contributed by atoms with Gasteiger partial charge in [-0.05, 0) is 41.7 Å². The van der Waals surface area contributed by atoms with Crippen LogP contribution in [0.3, 0.4) is 0 Å². The van der Waals surface area contributed by atoms with Crippen molar-refractivity contribution < 1.29 is 14.6 Å². The quantitative estimate of drug-likeness (QED) is 0.274. The molecule has 0 unspecified atom stereocenters. The largest absolute Gasteiger partial charge is 0.389 e. The van der Waals surface area contributed by atoms with Gasteiger partial charge in [-0.2, -0.15) is 13.2 Å². The fourth-order valence-electron chi connectivity index (χ4n) is 3.43. The molecule has 0 aliphatic rings. The Morgan fingerprint density at radius 2 is 1.94 bits per heavy atom. The molecule has 0 saturated heterocycles. The molecule has 1 heterocycles. The van der Waals surface area contributed by atoms with Gasteiger partial charge in [0.2, 0.25) is 0 Å². The Hall–Kier alpha value is -3.15. The van der Waals surface area contributed by atoms with Gasteiger partial charge in [0.1, 0.15) is 0 Å². The van der Waals surface area contributed by atoms with Crippen LogP contribution in [-0.4, -0.2) is 43.4 Å². The Balaban J connectivity index is 0.00000578. The number of allylic oxidation sites excluding steroid dienone is 4. The summed E-state index contributed by atoms with van der Waals surface area (Å²) in [5, 5.41) is 0. The van der Waals surface area contributed by atoms with E-state index in [0.717, 1.165) is 35.1 Å². The summed E-state index contributed by atoms with van der Waals surface area (Å²) >= 11 is 0. The monoisotopic (exact) mass is 457 g/mol. The van der Waals surface area contributed by atoms with E-state index in [1.807, 2.05) is 67.7 Å². The van der Waals surface area contributed by atoms with Gasteiger partial charge < -0.3 is 4.90 Å².